The molecule has 2 rings (SSSR count). The first-order valence-electron chi connectivity index (χ1n) is 7.22. The van der Waals surface area contributed by atoms with Crippen LogP contribution in [0.1, 0.15) is 30.1 Å². The summed E-state index contributed by atoms with van der Waals surface area (Å²) in [5, 5.41) is 16.1. The molecule has 0 aliphatic heterocycles. The lowest BCUT2D eigenvalue weighted by molar-refractivity contribution is -0.117. The molecule has 0 aliphatic carbocycles. The summed E-state index contributed by atoms with van der Waals surface area (Å²) in [7, 11) is 0. The molecule has 1 aromatic carbocycles. The highest BCUT2D eigenvalue weighted by atomic mass is 16.3. The molecule has 0 radical (unpaired) electrons. The van der Waals surface area contributed by atoms with Gasteiger partial charge in [0.05, 0.1) is 23.6 Å². The van der Waals surface area contributed by atoms with Crippen molar-refractivity contribution in [2.45, 2.75) is 25.9 Å². The topological polar surface area (TPSA) is 84.2 Å². The largest absolute Gasteiger partial charge is 0.391 e. The van der Waals surface area contributed by atoms with Crippen molar-refractivity contribution in [3.8, 4) is 5.69 Å². The second-order valence-corrected chi connectivity index (χ2v) is 4.99. The van der Waals surface area contributed by atoms with Crippen molar-refractivity contribution in [1.29, 1.82) is 0 Å². The van der Waals surface area contributed by atoms with E-state index in [9.17, 15) is 14.7 Å². The molecule has 2 aromatic rings. The lowest BCUT2D eigenvalue weighted by Gasteiger charge is -2.09. The van der Waals surface area contributed by atoms with Gasteiger partial charge >= 0.3 is 0 Å². The minimum absolute atomic E-state index is 0.0746. The Kier molecular flexibility index (Phi) is 5.43. The standard InChI is InChI=1S/C16H19N3O3/c1-2-6-14(20)10-17-16(22)15(21)12-9-18-19(11-12)13-7-4-3-5-8-13/h3-5,7-9,11,14,20H,2,6,10H2,1H3,(H,17,22). The third-order valence-electron chi connectivity index (χ3n) is 3.19. The Balaban J connectivity index is 1.98. The Bertz CT molecular complexity index is 637. The Morgan fingerprint density at radius 2 is 2.05 bits per heavy atom. The zero-order valence-electron chi connectivity index (χ0n) is 12.4. The van der Waals surface area contributed by atoms with Crippen molar-refractivity contribution in [2.75, 3.05) is 6.54 Å². The van der Waals surface area contributed by atoms with Gasteiger partial charge in [-0.2, -0.15) is 5.10 Å². The molecule has 116 valence electrons. The number of carbonyl (C=O) groups excluding carboxylic acids is 2. The summed E-state index contributed by atoms with van der Waals surface area (Å²) in [6, 6.07) is 9.31. The van der Waals surface area contributed by atoms with Crippen molar-refractivity contribution < 1.29 is 14.7 Å². The number of nitrogens with zero attached hydrogens (tertiary/aromatic N) is 2. The van der Waals surface area contributed by atoms with E-state index in [1.54, 1.807) is 0 Å². The van der Waals surface area contributed by atoms with Crippen molar-refractivity contribution in [3.05, 3.63) is 48.3 Å². The number of aliphatic hydroxyl groups is 1. The summed E-state index contributed by atoms with van der Waals surface area (Å²) in [5.74, 6) is -1.39. The number of carbonyl (C=O) groups is 2. The number of benzene rings is 1. The maximum atomic E-state index is 12.0. The summed E-state index contributed by atoms with van der Waals surface area (Å²) in [4.78, 5) is 23.8. The van der Waals surface area contributed by atoms with E-state index in [-0.39, 0.29) is 12.1 Å². The smallest absolute Gasteiger partial charge is 0.292 e. The Morgan fingerprint density at radius 3 is 2.73 bits per heavy atom. The van der Waals surface area contributed by atoms with Crippen molar-refractivity contribution in [2.24, 2.45) is 0 Å². The van der Waals surface area contributed by atoms with Gasteiger partial charge < -0.3 is 10.4 Å². The molecule has 0 saturated carbocycles. The Hall–Kier alpha value is -2.47. The first-order valence-corrected chi connectivity index (χ1v) is 7.22. The number of aromatic nitrogens is 2. The van der Waals surface area contributed by atoms with Gasteiger partial charge in [-0.25, -0.2) is 4.68 Å². The van der Waals surface area contributed by atoms with E-state index in [4.69, 9.17) is 0 Å². The third kappa shape index (κ3) is 4.02. The normalized spacial score (nSPS) is 11.9. The molecule has 1 amide bonds. The highest BCUT2D eigenvalue weighted by Gasteiger charge is 2.18. The minimum atomic E-state index is -0.734. The van der Waals surface area contributed by atoms with Gasteiger partial charge in [-0.1, -0.05) is 31.5 Å². The van der Waals surface area contributed by atoms with Crippen LogP contribution in [-0.4, -0.2) is 39.2 Å². The average molecular weight is 301 g/mol. The fraction of sp³-hybridized carbons (Fsp3) is 0.312. The maximum absolute atomic E-state index is 12.0. The SMILES string of the molecule is CCCC(O)CNC(=O)C(=O)c1cnn(-c2ccccc2)c1. The number of ketones is 1. The second-order valence-electron chi connectivity index (χ2n) is 4.99. The summed E-state index contributed by atoms with van der Waals surface area (Å²) < 4.78 is 1.53. The van der Waals surface area contributed by atoms with Gasteiger partial charge in [0.2, 0.25) is 0 Å². The van der Waals surface area contributed by atoms with Crippen LogP contribution < -0.4 is 5.32 Å². The monoisotopic (exact) mass is 301 g/mol. The molecule has 2 N–H and O–H groups in total. The second kappa shape index (κ2) is 7.51. The Morgan fingerprint density at radius 1 is 1.32 bits per heavy atom. The molecule has 0 aliphatic rings. The number of rotatable bonds is 7. The van der Waals surface area contributed by atoms with Crippen LogP contribution in [-0.2, 0) is 4.79 Å². The number of Topliss-reactive ketones (excluding diaryl/α,β-unsaturated/α-hetero) is 1. The fourth-order valence-electron chi connectivity index (χ4n) is 2.02. The van der Waals surface area contributed by atoms with Crippen molar-refractivity contribution in [3.63, 3.8) is 0 Å². The molecule has 1 aromatic heterocycles. The molecule has 0 saturated heterocycles. The van der Waals surface area contributed by atoms with Gasteiger partial charge in [-0.05, 0) is 18.6 Å². The zero-order chi connectivity index (χ0) is 15.9. The average Bonchev–Trinajstić information content (AvgIpc) is 3.03. The molecular formula is C16H19N3O3. The number of aliphatic hydroxyl groups excluding tert-OH is 1. The number of hydrogen-bond acceptors (Lipinski definition) is 4. The quantitative estimate of drug-likeness (QED) is 0.597. The lowest BCUT2D eigenvalue weighted by Crippen LogP contribution is -2.36. The molecule has 1 heterocycles. The molecule has 0 bridgehead atoms. The molecule has 1 unspecified atom stereocenters. The Labute approximate surface area is 128 Å². The van der Waals surface area contributed by atoms with Gasteiger partial charge in [0, 0.05) is 12.7 Å². The van der Waals surface area contributed by atoms with Gasteiger partial charge in [0.15, 0.2) is 0 Å². The van der Waals surface area contributed by atoms with Crippen molar-refractivity contribution >= 4 is 11.7 Å². The first kappa shape index (κ1) is 15.9. The molecule has 22 heavy (non-hydrogen) atoms. The van der Waals surface area contributed by atoms with Gasteiger partial charge in [0.25, 0.3) is 11.7 Å². The van der Waals surface area contributed by atoms with E-state index >= 15 is 0 Å². The van der Waals surface area contributed by atoms with Gasteiger partial charge in [-0.15, -0.1) is 0 Å². The molecule has 0 fully saturated rings. The molecule has 0 spiro atoms. The fourth-order valence-corrected chi connectivity index (χ4v) is 2.02. The first-order chi connectivity index (χ1) is 10.6. The van der Waals surface area contributed by atoms with Crippen LogP contribution in [0, 0.1) is 0 Å². The van der Waals surface area contributed by atoms with Crippen LogP contribution in [0.4, 0.5) is 0 Å². The summed E-state index contributed by atoms with van der Waals surface area (Å²) in [6.07, 6.45) is 3.64. The predicted octanol–water partition coefficient (Wildman–Crippen LogP) is 1.33. The molecule has 1 atom stereocenters. The number of hydrogen-bond donors (Lipinski definition) is 2. The molecule has 6 heteroatoms. The van der Waals surface area contributed by atoms with E-state index in [1.165, 1.54) is 17.1 Å². The van der Waals surface area contributed by atoms with Crippen LogP contribution in [0.25, 0.3) is 5.69 Å². The van der Waals surface area contributed by atoms with E-state index < -0.39 is 17.8 Å². The third-order valence-corrected chi connectivity index (χ3v) is 3.19. The van der Waals surface area contributed by atoms with Crippen LogP contribution in [0.5, 0.6) is 0 Å². The highest BCUT2D eigenvalue weighted by Crippen LogP contribution is 2.08. The highest BCUT2D eigenvalue weighted by molar-refractivity contribution is 6.42. The van der Waals surface area contributed by atoms with E-state index in [0.29, 0.717) is 6.42 Å². The number of para-hydroxylation sites is 1. The van der Waals surface area contributed by atoms with Crippen LogP contribution >= 0.6 is 0 Å². The van der Waals surface area contributed by atoms with Crippen LogP contribution in [0.15, 0.2) is 42.7 Å². The molecule has 6 nitrogen and oxygen atoms in total. The van der Waals surface area contributed by atoms with Crippen LogP contribution in [0.2, 0.25) is 0 Å². The predicted molar refractivity (Wildman–Crippen MR) is 81.8 cm³/mol. The van der Waals surface area contributed by atoms with E-state index in [1.807, 2.05) is 37.3 Å². The van der Waals surface area contributed by atoms with Crippen molar-refractivity contribution in [1.82, 2.24) is 15.1 Å². The molecular weight excluding hydrogens is 282 g/mol. The van der Waals surface area contributed by atoms with Gasteiger partial charge in [0.1, 0.15) is 0 Å². The van der Waals surface area contributed by atoms with E-state index in [2.05, 4.69) is 10.4 Å². The van der Waals surface area contributed by atoms with E-state index in [0.717, 1.165) is 12.1 Å². The van der Waals surface area contributed by atoms with Gasteiger partial charge in [-0.3, -0.25) is 9.59 Å². The number of amides is 1. The minimum Gasteiger partial charge on any atom is -0.391 e. The lowest BCUT2D eigenvalue weighted by atomic mass is 10.2. The van der Waals surface area contributed by atoms with Crippen LogP contribution in [0.3, 0.4) is 0 Å². The summed E-state index contributed by atoms with van der Waals surface area (Å²) in [6.45, 7) is 2.01. The zero-order valence-corrected chi connectivity index (χ0v) is 12.4. The maximum Gasteiger partial charge on any atom is 0.292 e. The summed E-state index contributed by atoms with van der Waals surface area (Å²) >= 11 is 0. The summed E-state index contributed by atoms with van der Waals surface area (Å²) in [5.41, 5.74) is 1.02. The number of nitrogens with one attached hydrogen (secondary N) is 1.